The molecule has 1 aromatic carbocycles. The Kier molecular flexibility index (Phi) is 2.36. The summed E-state index contributed by atoms with van der Waals surface area (Å²) in [7, 11) is 0. The average molecular weight is 242 g/mol. The summed E-state index contributed by atoms with van der Waals surface area (Å²) in [6.45, 7) is 0. The highest BCUT2D eigenvalue weighted by molar-refractivity contribution is 6.23. The van der Waals surface area contributed by atoms with Crippen LogP contribution in [-0.2, 0) is 4.79 Å². The first kappa shape index (κ1) is 10.9. The number of nitrogens with zero attached hydrogens (tertiary/aromatic N) is 1. The number of benzene rings is 1. The SMILES string of the molecule is O=C(O)C1=CC=CC2C1=Nc1ccccc1[NH+]2[O-]. The van der Waals surface area contributed by atoms with Gasteiger partial charge in [-0.25, -0.2) is 9.79 Å². The van der Waals surface area contributed by atoms with Crippen LogP contribution in [0.2, 0.25) is 0 Å². The molecule has 0 amide bonds. The first-order valence-electron chi connectivity index (χ1n) is 5.52. The number of hydrogen-bond acceptors (Lipinski definition) is 3. The number of aliphatic carboxylic acids is 1. The van der Waals surface area contributed by atoms with E-state index in [1.54, 1.807) is 36.4 Å². The monoisotopic (exact) mass is 242 g/mol. The van der Waals surface area contributed by atoms with Gasteiger partial charge in [-0.3, -0.25) is 0 Å². The lowest BCUT2D eigenvalue weighted by atomic mass is 9.95. The fourth-order valence-corrected chi connectivity index (χ4v) is 2.21. The van der Waals surface area contributed by atoms with E-state index in [1.807, 2.05) is 0 Å². The van der Waals surface area contributed by atoms with Crippen molar-refractivity contribution in [3.8, 4) is 0 Å². The topological polar surface area (TPSA) is 77.2 Å². The molecule has 0 radical (unpaired) electrons. The van der Waals surface area contributed by atoms with Crippen LogP contribution in [0.4, 0.5) is 11.4 Å². The molecule has 2 N–H and O–H groups in total. The van der Waals surface area contributed by atoms with Crippen molar-refractivity contribution < 1.29 is 15.0 Å². The summed E-state index contributed by atoms with van der Waals surface area (Å²) >= 11 is 0. The summed E-state index contributed by atoms with van der Waals surface area (Å²) in [5, 5.41) is 21.3. The molecule has 5 heteroatoms. The lowest BCUT2D eigenvalue weighted by Crippen LogP contribution is -3.08. The smallest absolute Gasteiger partial charge is 0.337 e. The number of para-hydroxylation sites is 2. The Hall–Kier alpha value is -2.24. The van der Waals surface area contributed by atoms with Crippen molar-refractivity contribution in [2.75, 3.05) is 0 Å². The molecule has 1 aromatic rings. The van der Waals surface area contributed by atoms with Crippen LogP contribution < -0.4 is 5.06 Å². The Morgan fingerprint density at radius 3 is 2.94 bits per heavy atom. The molecule has 0 saturated carbocycles. The van der Waals surface area contributed by atoms with E-state index in [4.69, 9.17) is 5.11 Å². The van der Waals surface area contributed by atoms with Crippen LogP contribution in [0.3, 0.4) is 0 Å². The predicted molar refractivity (Wildman–Crippen MR) is 66.2 cm³/mol. The quantitative estimate of drug-likeness (QED) is 0.713. The molecule has 90 valence electrons. The highest BCUT2D eigenvalue weighted by Gasteiger charge is 2.34. The van der Waals surface area contributed by atoms with Gasteiger partial charge < -0.3 is 15.4 Å². The first-order valence-corrected chi connectivity index (χ1v) is 5.52. The molecule has 0 aromatic heterocycles. The normalized spacial score (nSPS) is 24.7. The van der Waals surface area contributed by atoms with Gasteiger partial charge in [0, 0.05) is 6.07 Å². The Labute approximate surface area is 103 Å². The van der Waals surface area contributed by atoms with Gasteiger partial charge in [0.15, 0.2) is 11.7 Å². The average Bonchev–Trinajstić information content (AvgIpc) is 2.38. The minimum Gasteiger partial charge on any atom is -0.628 e. The second-order valence-electron chi connectivity index (χ2n) is 4.13. The van der Waals surface area contributed by atoms with Crippen molar-refractivity contribution in [1.29, 1.82) is 0 Å². The molecular formula is C13H10N2O3. The van der Waals surface area contributed by atoms with E-state index in [0.29, 0.717) is 17.1 Å². The number of carboxylic acids is 1. The van der Waals surface area contributed by atoms with E-state index in [2.05, 4.69) is 4.99 Å². The van der Waals surface area contributed by atoms with Crippen LogP contribution in [0.25, 0.3) is 0 Å². The Bertz CT molecular complexity index is 616. The Morgan fingerprint density at radius 1 is 1.39 bits per heavy atom. The molecule has 3 rings (SSSR count). The van der Waals surface area contributed by atoms with Crippen LogP contribution in [-0.4, -0.2) is 22.8 Å². The molecule has 0 spiro atoms. The summed E-state index contributed by atoms with van der Waals surface area (Å²) in [5.74, 6) is -1.06. The van der Waals surface area contributed by atoms with Gasteiger partial charge >= 0.3 is 5.97 Å². The Morgan fingerprint density at radius 2 is 2.17 bits per heavy atom. The van der Waals surface area contributed by atoms with Crippen molar-refractivity contribution in [2.24, 2.45) is 4.99 Å². The minimum absolute atomic E-state index is 0.0883. The fraction of sp³-hybridized carbons (Fsp3) is 0.0769. The fourth-order valence-electron chi connectivity index (χ4n) is 2.21. The van der Waals surface area contributed by atoms with Crippen LogP contribution >= 0.6 is 0 Å². The number of carboxylic acid groups (broad SMARTS) is 1. The maximum absolute atomic E-state index is 12.3. The van der Waals surface area contributed by atoms with Gasteiger partial charge in [-0.05, 0) is 18.2 Å². The molecule has 2 unspecified atom stereocenters. The lowest BCUT2D eigenvalue weighted by Gasteiger charge is -2.35. The van der Waals surface area contributed by atoms with Crippen molar-refractivity contribution in [3.63, 3.8) is 0 Å². The number of fused-ring (bicyclic) bond motifs is 2. The maximum atomic E-state index is 12.3. The number of quaternary nitrogens is 1. The molecule has 18 heavy (non-hydrogen) atoms. The van der Waals surface area contributed by atoms with Gasteiger partial charge in [-0.1, -0.05) is 18.2 Å². The maximum Gasteiger partial charge on any atom is 0.337 e. The zero-order valence-electron chi connectivity index (χ0n) is 9.33. The molecule has 2 aliphatic rings. The lowest BCUT2D eigenvalue weighted by molar-refractivity contribution is -0.786. The summed E-state index contributed by atoms with van der Waals surface area (Å²) < 4.78 is 0. The van der Waals surface area contributed by atoms with Crippen LogP contribution in [0.1, 0.15) is 0 Å². The molecule has 1 aliphatic heterocycles. The largest absolute Gasteiger partial charge is 0.628 e. The number of hydrogen-bond donors (Lipinski definition) is 2. The number of hydroxylamine groups is 1. The van der Waals surface area contributed by atoms with Gasteiger partial charge in [0.2, 0.25) is 0 Å². The Balaban J connectivity index is 2.19. The molecule has 1 heterocycles. The second-order valence-corrected chi connectivity index (χ2v) is 4.13. The zero-order chi connectivity index (χ0) is 12.7. The zero-order valence-corrected chi connectivity index (χ0v) is 9.33. The van der Waals surface area contributed by atoms with E-state index in [1.165, 1.54) is 6.08 Å². The molecule has 2 atom stereocenters. The highest BCUT2D eigenvalue weighted by Crippen LogP contribution is 2.27. The number of allylic oxidation sites excluding steroid dienone is 2. The van der Waals surface area contributed by atoms with Crippen LogP contribution in [0, 0.1) is 5.21 Å². The molecule has 5 nitrogen and oxygen atoms in total. The van der Waals surface area contributed by atoms with Crippen molar-refractivity contribution >= 4 is 23.1 Å². The van der Waals surface area contributed by atoms with E-state index >= 15 is 0 Å². The van der Waals surface area contributed by atoms with Crippen molar-refractivity contribution in [2.45, 2.75) is 6.04 Å². The summed E-state index contributed by atoms with van der Waals surface area (Å²) in [4.78, 5) is 15.4. The summed E-state index contributed by atoms with van der Waals surface area (Å²) in [6, 6.07) is 6.41. The van der Waals surface area contributed by atoms with Crippen LogP contribution in [0.5, 0.6) is 0 Å². The molecule has 0 saturated heterocycles. The predicted octanol–water partition coefficient (Wildman–Crippen LogP) is 0.736. The van der Waals surface area contributed by atoms with Gasteiger partial charge in [0.25, 0.3) is 0 Å². The van der Waals surface area contributed by atoms with Crippen LogP contribution in [0.15, 0.2) is 53.1 Å². The minimum atomic E-state index is -1.06. The van der Waals surface area contributed by atoms with E-state index in [-0.39, 0.29) is 10.6 Å². The van der Waals surface area contributed by atoms with E-state index < -0.39 is 12.0 Å². The number of carbonyl (C=O) groups is 1. The van der Waals surface area contributed by atoms with Gasteiger partial charge in [-0.15, -0.1) is 0 Å². The van der Waals surface area contributed by atoms with Gasteiger partial charge in [0.1, 0.15) is 11.4 Å². The molecular weight excluding hydrogens is 232 g/mol. The summed E-state index contributed by atoms with van der Waals surface area (Å²) in [5.41, 5.74) is 1.50. The third-order valence-electron chi connectivity index (χ3n) is 3.06. The standard InChI is InChI=1S/C13H10N2O3/c16-13(17)8-4-3-7-11-12(8)14-9-5-1-2-6-10(9)15(11)18/h1-7,11,15H,(H,16,17). The van der Waals surface area contributed by atoms with E-state index in [0.717, 1.165) is 0 Å². The molecule has 0 fully saturated rings. The number of rotatable bonds is 1. The number of nitrogens with one attached hydrogen (secondary N) is 1. The molecule has 1 aliphatic carbocycles. The van der Waals surface area contributed by atoms with Gasteiger partial charge in [0.05, 0.1) is 5.57 Å². The summed E-state index contributed by atoms with van der Waals surface area (Å²) in [6.07, 6.45) is 4.75. The highest BCUT2D eigenvalue weighted by atomic mass is 16.5. The number of aliphatic imine (C=N–C) groups is 1. The second kappa shape index (κ2) is 3.90. The third-order valence-corrected chi connectivity index (χ3v) is 3.06. The van der Waals surface area contributed by atoms with Crippen molar-refractivity contribution in [1.82, 2.24) is 0 Å². The van der Waals surface area contributed by atoms with Crippen molar-refractivity contribution in [3.05, 3.63) is 53.3 Å². The molecule has 0 bridgehead atoms. The van der Waals surface area contributed by atoms with Gasteiger partial charge in [-0.2, -0.15) is 0 Å². The third kappa shape index (κ3) is 1.49. The van der Waals surface area contributed by atoms with E-state index in [9.17, 15) is 10.0 Å². The first-order chi connectivity index (χ1) is 8.68.